The molecule has 0 amide bonds. The molecule has 0 aliphatic heterocycles. The lowest BCUT2D eigenvalue weighted by atomic mass is 9.80. The first kappa shape index (κ1) is 14.1. The number of anilines is 1. The van der Waals surface area contributed by atoms with Crippen LogP contribution in [0.3, 0.4) is 0 Å². The van der Waals surface area contributed by atoms with Crippen molar-refractivity contribution in [3.05, 3.63) is 91.0 Å². The molecule has 0 spiro atoms. The summed E-state index contributed by atoms with van der Waals surface area (Å²) in [6.45, 7) is 0. The number of benzene rings is 4. The Hall–Kier alpha value is -3.32. The Morgan fingerprint density at radius 1 is 0.360 bits per heavy atom. The molecule has 25 heavy (non-hydrogen) atoms. The quantitative estimate of drug-likeness (QED) is 0.335. The number of hydrogen-bond acceptors (Lipinski definition) is 1. The van der Waals surface area contributed by atoms with Crippen LogP contribution < -0.4 is 5.73 Å². The average molecular weight is 319 g/mol. The van der Waals surface area contributed by atoms with Gasteiger partial charge < -0.3 is 5.73 Å². The van der Waals surface area contributed by atoms with E-state index < -0.39 is 0 Å². The fraction of sp³-hybridized carbons (Fsp3) is 0. The Kier molecular flexibility index (Phi) is 3.01. The van der Waals surface area contributed by atoms with Crippen LogP contribution in [0.15, 0.2) is 91.0 Å². The van der Waals surface area contributed by atoms with Gasteiger partial charge in [0.05, 0.1) is 0 Å². The lowest BCUT2D eigenvalue weighted by molar-refractivity contribution is 1.52. The van der Waals surface area contributed by atoms with Crippen molar-refractivity contribution in [3.8, 4) is 44.5 Å². The smallest absolute Gasteiger partial charge is 0.0400 e. The lowest BCUT2D eigenvalue weighted by Crippen LogP contribution is -1.99. The number of fused-ring (bicyclic) bond motifs is 8. The SMILES string of the molecule is Nc1cccc2c1-c1ccccc1-c1ccccc1-c1ccccc1-2. The third kappa shape index (κ3) is 2.03. The Morgan fingerprint density at radius 2 is 0.720 bits per heavy atom. The molecule has 0 unspecified atom stereocenters. The zero-order chi connectivity index (χ0) is 16.8. The summed E-state index contributed by atoms with van der Waals surface area (Å²) in [6.07, 6.45) is 0. The van der Waals surface area contributed by atoms with Crippen molar-refractivity contribution in [2.75, 3.05) is 5.73 Å². The van der Waals surface area contributed by atoms with Crippen molar-refractivity contribution in [1.82, 2.24) is 0 Å². The molecule has 0 heterocycles. The summed E-state index contributed by atoms with van der Waals surface area (Å²) in [7, 11) is 0. The van der Waals surface area contributed by atoms with Gasteiger partial charge in [-0.1, -0.05) is 84.9 Å². The van der Waals surface area contributed by atoms with Gasteiger partial charge in [0.15, 0.2) is 0 Å². The van der Waals surface area contributed by atoms with Crippen LogP contribution in [0.5, 0.6) is 0 Å². The first-order chi connectivity index (χ1) is 12.3. The first-order valence-corrected chi connectivity index (χ1v) is 8.51. The molecule has 118 valence electrons. The number of rotatable bonds is 0. The molecule has 5 rings (SSSR count). The molecular formula is C24H17N. The molecule has 1 aliphatic rings. The van der Waals surface area contributed by atoms with Gasteiger partial charge in [0, 0.05) is 11.3 Å². The third-order valence-electron chi connectivity index (χ3n) is 5.02. The maximum absolute atomic E-state index is 6.45. The zero-order valence-corrected chi connectivity index (χ0v) is 13.7. The van der Waals surface area contributed by atoms with Gasteiger partial charge in [-0.3, -0.25) is 0 Å². The highest BCUT2D eigenvalue weighted by molar-refractivity contribution is 6.05. The van der Waals surface area contributed by atoms with Crippen molar-refractivity contribution < 1.29 is 0 Å². The maximum Gasteiger partial charge on any atom is 0.0400 e. The number of nitrogens with two attached hydrogens (primary N) is 1. The van der Waals surface area contributed by atoms with Crippen LogP contribution in [-0.2, 0) is 0 Å². The molecule has 0 fully saturated rings. The van der Waals surface area contributed by atoms with Crippen LogP contribution in [0.25, 0.3) is 44.5 Å². The monoisotopic (exact) mass is 319 g/mol. The zero-order valence-electron chi connectivity index (χ0n) is 13.7. The van der Waals surface area contributed by atoms with Crippen LogP contribution in [0.2, 0.25) is 0 Å². The highest BCUT2D eigenvalue weighted by Crippen LogP contribution is 2.48. The summed E-state index contributed by atoms with van der Waals surface area (Å²) in [5.41, 5.74) is 17.0. The molecule has 0 aromatic heterocycles. The first-order valence-electron chi connectivity index (χ1n) is 8.51. The Bertz CT molecular complexity index is 1100. The van der Waals surface area contributed by atoms with E-state index in [0.29, 0.717) is 0 Å². The topological polar surface area (TPSA) is 26.0 Å². The van der Waals surface area contributed by atoms with E-state index in [0.717, 1.165) is 11.3 Å². The highest BCUT2D eigenvalue weighted by Gasteiger charge is 2.22. The highest BCUT2D eigenvalue weighted by atomic mass is 14.6. The van der Waals surface area contributed by atoms with Crippen LogP contribution >= 0.6 is 0 Å². The predicted molar refractivity (Wildman–Crippen MR) is 106 cm³/mol. The van der Waals surface area contributed by atoms with Crippen molar-refractivity contribution >= 4 is 5.69 Å². The van der Waals surface area contributed by atoms with E-state index in [1.54, 1.807) is 0 Å². The summed E-state index contributed by atoms with van der Waals surface area (Å²) < 4.78 is 0. The van der Waals surface area contributed by atoms with E-state index in [1.165, 1.54) is 38.9 Å². The summed E-state index contributed by atoms with van der Waals surface area (Å²) >= 11 is 0. The molecule has 0 saturated carbocycles. The Morgan fingerprint density at radius 3 is 1.24 bits per heavy atom. The van der Waals surface area contributed by atoms with Crippen LogP contribution in [0.4, 0.5) is 5.69 Å². The molecule has 0 bridgehead atoms. The second-order valence-corrected chi connectivity index (χ2v) is 6.41. The molecular weight excluding hydrogens is 302 g/mol. The maximum atomic E-state index is 6.45. The van der Waals surface area contributed by atoms with E-state index in [2.05, 4.69) is 78.9 Å². The third-order valence-corrected chi connectivity index (χ3v) is 5.02. The van der Waals surface area contributed by atoms with Gasteiger partial charge in [0.1, 0.15) is 0 Å². The van der Waals surface area contributed by atoms with Gasteiger partial charge in [-0.15, -0.1) is 0 Å². The fourth-order valence-electron chi connectivity index (χ4n) is 3.94. The van der Waals surface area contributed by atoms with Crippen LogP contribution in [0.1, 0.15) is 0 Å². The molecule has 2 N–H and O–H groups in total. The molecule has 0 saturated heterocycles. The van der Waals surface area contributed by atoms with Crippen molar-refractivity contribution in [1.29, 1.82) is 0 Å². The van der Waals surface area contributed by atoms with E-state index in [4.69, 9.17) is 5.73 Å². The minimum Gasteiger partial charge on any atom is -0.398 e. The van der Waals surface area contributed by atoms with E-state index in [-0.39, 0.29) is 0 Å². The van der Waals surface area contributed by atoms with Gasteiger partial charge >= 0.3 is 0 Å². The van der Waals surface area contributed by atoms with Gasteiger partial charge in [-0.2, -0.15) is 0 Å². The molecule has 1 nitrogen and oxygen atoms in total. The summed E-state index contributed by atoms with van der Waals surface area (Å²) in [5.74, 6) is 0. The van der Waals surface area contributed by atoms with Crippen molar-refractivity contribution in [3.63, 3.8) is 0 Å². The average Bonchev–Trinajstić information content (AvgIpc) is 2.67. The standard InChI is InChI=1S/C24H17N/c25-23-15-7-14-22-20-11-4-3-10-18(20)16-8-1-2-9-17(16)19-12-5-6-13-21(19)24(22)23/h1-15H,25H2. The van der Waals surface area contributed by atoms with E-state index >= 15 is 0 Å². The van der Waals surface area contributed by atoms with Gasteiger partial charge in [0.2, 0.25) is 0 Å². The number of nitrogen functional groups attached to an aromatic ring is 1. The fourth-order valence-corrected chi connectivity index (χ4v) is 3.94. The minimum atomic E-state index is 0.819. The normalized spacial score (nSPS) is 11.4. The second kappa shape index (κ2) is 5.35. The molecule has 4 aromatic rings. The molecule has 4 aromatic carbocycles. The molecule has 0 atom stereocenters. The van der Waals surface area contributed by atoms with Crippen molar-refractivity contribution in [2.45, 2.75) is 0 Å². The van der Waals surface area contributed by atoms with Crippen LogP contribution in [-0.4, -0.2) is 0 Å². The molecule has 1 heteroatoms. The second-order valence-electron chi connectivity index (χ2n) is 6.41. The van der Waals surface area contributed by atoms with Gasteiger partial charge in [-0.25, -0.2) is 0 Å². The predicted octanol–water partition coefficient (Wildman–Crippen LogP) is 6.25. The Balaban J connectivity index is 2.03. The summed E-state index contributed by atoms with van der Waals surface area (Å²) in [5, 5.41) is 0. The lowest BCUT2D eigenvalue weighted by Gasteiger charge is -2.23. The van der Waals surface area contributed by atoms with E-state index in [1.807, 2.05) is 12.1 Å². The molecule has 0 radical (unpaired) electrons. The van der Waals surface area contributed by atoms with Gasteiger partial charge in [0.25, 0.3) is 0 Å². The summed E-state index contributed by atoms with van der Waals surface area (Å²) in [6, 6.07) is 32.0. The minimum absolute atomic E-state index is 0.819. The summed E-state index contributed by atoms with van der Waals surface area (Å²) in [4.78, 5) is 0. The van der Waals surface area contributed by atoms with Crippen LogP contribution in [0, 0.1) is 0 Å². The van der Waals surface area contributed by atoms with Crippen molar-refractivity contribution in [2.24, 2.45) is 0 Å². The largest absolute Gasteiger partial charge is 0.398 e. The van der Waals surface area contributed by atoms with Gasteiger partial charge in [-0.05, 0) is 45.0 Å². The molecule has 1 aliphatic carbocycles. The van der Waals surface area contributed by atoms with E-state index in [9.17, 15) is 0 Å². The number of hydrogen-bond donors (Lipinski definition) is 1. The Labute approximate surface area is 147 Å².